The lowest BCUT2D eigenvalue weighted by Crippen LogP contribution is -2.40. The number of pyridine rings is 1. The Morgan fingerprint density at radius 2 is 2.00 bits per heavy atom. The molecule has 0 aliphatic heterocycles. The number of fused-ring (bicyclic) bond motifs is 1. The summed E-state index contributed by atoms with van der Waals surface area (Å²) in [4.78, 5) is 4.31. The molecule has 1 aliphatic carbocycles. The number of nitrogens with zero attached hydrogens (tertiary/aromatic N) is 1. The molecule has 0 bridgehead atoms. The van der Waals surface area contributed by atoms with Crippen molar-refractivity contribution in [2.75, 3.05) is 5.75 Å². The third-order valence-electron chi connectivity index (χ3n) is 4.37. The molecule has 1 saturated carbocycles. The Labute approximate surface area is 143 Å². The summed E-state index contributed by atoms with van der Waals surface area (Å²) in [6.45, 7) is 1.88. The van der Waals surface area contributed by atoms with Crippen molar-refractivity contribution in [3.05, 3.63) is 36.5 Å². The lowest BCUT2D eigenvalue weighted by molar-refractivity contribution is 0.144. The first-order chi connectivity index (χ1) is 11.6. The van der Waals surface area contributed by atoms with E-state index in [2.05, 4.69) is 9.71 Å². The van der Waals surface area contributed by atoms with Crippen LogP contribution in [0.1, 0.15) is 39.0 Å². The van der Waals surface area contributed by atoms with Crippen LogP contribution < -0.4 is 9.46 Å². The predicted molar refractivity (Wildman–Crippen MR) is 95.6 cm³/mol. The molecule has 0 atom stereocenters. The van der Waals surface area contributed by atoms with Crippen LogP contribution >= 0.6 is 0 Å². The van der Waals surface area contributed by atoms with Gasteiger partial charge in [0.05, 0.1) is 17.4 Å². The van der Waals surface area contributed by atoms with E-state index < -0.39 is 10.0 Å². The molecular formula is C18H24N2O3S. The summed E-state index contributed by atoms with van der Waals surface area (Å²) in [5.41, 5.74) is 0.957. The van der Waals surface area contributed by atoms with Crippen LogP contribution in [0.2, 0.25) is 0 Å². The van der Waals surface area contributed by atoms with Crippen molar-refractivity contribution in [2.24, 2.45) is 0 Å². The SMILES string of the molecule is CCCS(=O)(=O)NC1CCC(Oc2ccc3ncccc3c2)CC1. The quantitative estimate of drug-likeness (QED) is 0.870. The monoisotopic (exact) mass is 348 g/mol. The molecular weight excluding hydrogens is 324 g/mol. The third kappa shape index (κ3) is 4.45. The Balaban J connectivity index is 1.55. The van der Waals surface area contributed by atoms with Crippen LogP contribution in [0.3, 0.4) is 0 Å². The summed E-state index contributed by atoms with van der Waals surface area (Å²) in [6.07, 6.45) is 5.94. The van der Waals surface area contributed by atoms with Gasteiger partial charge in [-0.15, -0.1) is 0 Å². The Kier molecular flexibility index (Phi) is 5.36. The molecule has 1 aromatic heterocycles. The fraction of sp³-hybridized carbons (Fsp3) is 0.500. The van der Waals surface area contributed by atoms with Crippen molar-refractivity contribution in [3.8, 4) is 5.75 Å². The second kappa shape index (κ2) is 7.49. The van der Waals surface area contributed by atoms with Crippen molar-refractivity contribution < 1.29 is 13.2 Å². The highest BCUT2D eigenvalue weighted by Gasteiger charge is 2.25. The van der Waals surface area contributed by atoms with Gasteiger partial charge >= 0.3 is 0 Å². The highest BCUT2D eigenvalue weighted by atomic mass is 32.2. The second-order valence-corrected chi connectivity index (χ2v) is 8.26. The van der Waals surface area contributed by atoms with Crippen molar-refractivity contribution in [1.29, 1.82) is 0 Å². The molecule has 1 aliphatic rings. The predicted octanol–water partition coefficient (Wildman–Crippen LogP) is 3.25. The largest absolute Gasteiger partial charge is 0.490 e. The zero-order chi connectivity index (χ0) is 17.0. The number of aromatic nitrogens is 1. The fourth-order valence-electron chi connectivity index (χ4n) is 3.20. The van der Waals surface area contributed by atoms with Gasteiger partial charge in [0.15, 0.2) is 0 Å². The van der Waals surface area contributed by atoms with E-state index in [9.17, 15) is 8.42 Å². The van der Waals surface area contributed by atoms with E-state index >= 15 is 0 Å². The molecule has 1 aromatic carbocycles. The number of hydrogen-bond acceptors (Lipinski definition) is 4. The lowest BCUT2D eigenvalue weighted by atomic mass is 9.93. The third-order valence-corrected chi connectivity index (χ3v) is 6.01. The molecule has 0 saturated heterocycles. The van der Waals surface area contributed by atoms with E-state index in [1.54, 1.807) is 6.20 Å². The van der Waals surface area contributed by atoms with Gasteiger partial charge in [-0.2, -0.15) is 0 Å². The van der Waals surface area contributed by atoms with Gasteiger partial charge in [-0.1, -0.05) is 13.0 Å². The number of benzene rings is 1. The molecule has 5 nitrogen and oxygen atoms in total. The first kappa shape index (κ1) is 17.2. The van der Waals surface area contributed by atoms with E-state index in [4.69, 9.17) is 4.74 Å². The lowest BCUT2D eigenvalue weighted by Gasteiger charge is -2.29. The van der Waals surface area contributed by atoms with Crippen LogP contribution in [-0.2, 0) is 10.0 Å². The summed E-state index contributed by atoms with van der Waals surface area (Å²) in [7, 11) is -3.13. The van der Waals surface area contributed by atoms with E-state index in [0.717, 1.165) is 42.3 Å². The Hall–Kier alpha value is -1.66. The van der Waals surface area contributed by atoms with Crippen molar-refractivity contribution in [1.82, 2.24) is 9.71 Å². The number of rotatable bonds is 6. The van der Waals surface area contributed by atoms with Gasteiger partial charge in [0.1, 0.15) is 5.75 Å². The minimum absolute atomic E-state index is 0.0437. The summed E-state index contributed by atoms with van der Waals surface area (Å²) >= 11 is 0. The van der Waals surface area contributed by atoms with Gasteiger partial charge in [-0.25, -0.2) is 13.1 Å². The minimum atomic E-state index is -3.13. The first-order valence-corrected chi connectivity index (χ1v) is 10.2. The molecule has 0 radical (unpaired) electrons. The van der Waals surface area contributed by atoms with Crippen LogP contribution in [0.5, 0.6) is 5.75 Å². The van der Waals surface area contributed by atoms with E-state index in [-0.39, 0.29) is 17.9 Å². The molecule has 2 aromatic rings. The summed E-state index contributed by atoms with van der Waals surface area (Å²) < 4.78 is 32.6. The smallest absolute Gasteiger partial charge is 0.211 e. The topological polar surface area (TPSA) is 68.3 Å². The molecule has 1 N–H and O–H groups in total. The first-order valence-electron chi connectivity index (χ1n) is 8.57. The van der Waals surface area contributed by atoms with Crippen LogP contribution in [-0.4, -0.2) is 31.3 Å². The van der Waals surface area contributed by atoms with Gasteiger partial charge in [0.25, 0.3) is 0 Å². The molecule has 24 heavy (non-hydrogen) atoms. The van der Waals surface area contributed by atoms with Gasteiger partial charge in [-0.05, 0) is 56.4 Å². The highest BCUT2D eigenvalue weighted by molar-refractivity contribution is 7.89. The summed E-state index contributed by atoms with van der Waals surface area (Å²) in [5.74, 6) is 1.06. The molecule has 130 valence electrons. The van der Waals surface area contributed by atoms with E-state index in [1.807, 2.05) is 37.3 Å². The van der Waals surface area contributed by atoms with E-state index in [0.29, 0.717) is 6.42 Å². The van der Waals surface area contributed by atoms with Gasteiger partial charge < -0.3 is 4.74 Å². The molecule has 0 unspecified atom stereocenters. The Morgan fingerprint density at radius 1 is 1.21 bits per heavy atom. The second-order valence-electron chi connectivity index (χ2n) is 6.39. The average Bonchev–Trinajstić information content (AvgIpc) is 2.56. The fourth-order valence-corrected chi connectivity index (χ4v) is 4.60. The van der Waals surface area contributed by atoms with Crippen molar-refractivity contribution in [3.63, 3.8) is 0 Å². The normalized spacial score (nSPS) is 21.7. The van der Waals surface area contributed by atoms with Gasteiger partial charge in [0.2, 0.25) is 10.0 Å². The molecule has 0 spiro atoms. The average molecular weight is 348 g/mol. The molecule has 3 rings (SSSR count). The number of hydrogen-bond donors (Lipinski definition) is 1. The van der Waals surface area contributed by atoms with Crippen LogP contribution in [0, 0.1) is 0 Å². The van der Waals surface area contributed by atoms with Crippen LogP contribution in [0.4, 0.5) is 0 Å². The Morgan fingerprint density at radius 3 is 2.75 bits per heavy atom. The van der Waals surface area contributed by atoms with Gasteiger partial charge in [-0.3, -0.25) is 4.98 Å². The molecule has 1 fully saturated rings. The standard InChI is InChI=1S/C18H24N2O3S/c1-2-12-24(21,22)20-15-5-7-16(8-6-15)23-17-9-10-18-14(13-17)4-3-11-19-18/h3-4,9-11,13,15-16,20H,2,5-8,12H2,1H3. The Bertz CT molecular complexity index is 784. The maximum atomic E-state index is 11.8. The maximum Gasteiger partial charge on any atom is 0.211 e. The van der Waals surface area contributed by atoms with Crippen molar-refractivity contribution >= 4 is 20.9 Å². The summed E-state index contributed by atoms with van der Waals surface area (Å²) in [5, 5.41) is 1.07. The van der Waals surface area contributed by atoms with Crippen LogP contribution in [0.25, 0.3) is 10.9 Å². The number of sulfonamides is 1. The minimum Gasteiger partial charge on any atom is -0.490 e. The number of nitrogens with one attached hydrogen (secondary N) is 1. The number of ether oxygens (including phenoxy) is 1. The maximum absolute atomic E-state index is 11.8. The van der Waals surface area contributed by atoms with Crippen molar-refractivity contribution in [2.45, 2.75) is 51.2 Å². The molecule has 6 heteroatoms. The van der Waals surface area contributed by atoms with Crippen LogP contribution in [0.15, 0.2) is 36.5 Å². The van der Waals surface area contributed by atoms with Gasteiger partial charge in [0, 0.05) is 17.6 Å². The van der Waals surface area contributed by atoms with E-state index in [1.165, 1.54) is 0 Å². The highest BCUT2D eigenvalue weighted by Crippen LogP contribution is 2.26. The zero-order valence-corrected chi connectivity index (χ0v) is 14.8. The summed E-state index contributed by atoms with van der Waals surface area (Å²) in [6, 6.07) is 9.91. The zero-order valence-electron chi connectivity index (χ0n) is 13.9. The molecule has 1 heterocycles. The molecule has 0 amide bonds.